The Morgan fingerprint density at radius 1 is 0.879 bits per heavy atom. The summed E-state index contributed by atoms with van der Waals surface area (Å²) < 4.78 is 34.0. The zero-order chi connectivity index (χ0) is 24.2. The molecule has 7 heteroatoms. The number of amides is 1. The van der Waals surface area contributed by atoms with Gasteiger partial charge in [0.1, 0.15) is 5.75 Å². The molecule has 3 aromatic rings. The van der Waals surface area contributed by atoms with E-state index in [1.165, 1.54) is 12.1 Å². The van der Waals surface area contributed by atoms with E-state index in [9.17, 15) is 13.2 Å². The summed E-state index contributed by atoms with van der Waals surface area (Å²) in [6.07, 6.45) is -0.175. The molecule has 0 radical (unpaired) electrons. The Bertz CT molecular complexity index is 1250. The molecule has 0 saturated heterocycles. The molecule has 0 saturated carbocycles. The molecule has 1 amide bonds. The molecule has 2 N–H and O–H groups in total. The fourth-order valence-corrected chi connectivity index (χ4v) is 4.34. The molecular formula is C26H30N2O4S. The van der Waals surface area contributed by atoms with Crippen molar-refractivity contribution in [2.45, 2.75) is 52.0 Å². The maximum absolute atomic E-state index is 12.8. The van der Waals surface area contributed by atoms with Crippen LogP contribution < -0.4 is 14.8 Å². The average Bonchev–Trinajstić information content (AvgIpc) is 2.77. The second-order valence-corrected chi connectivity index (χ2v) is 9.81. The Hall–Kier alpha value is -3.32. The van der Waals surface area contributed by atoms with Gasteiger partial charge in [0, 0.05) is 11.4 Å². The highest BCUT2D eigenvalue weighted by atomic mass is 32.2. The van der Waals surface area contributed by atoms with Crippen LogP contribution in [-0.2, 0) is 14.8 Å². The van der Waals surface area contributed by atoms with Crippen molar-refractivity contribution >= 4 is 27.3 Å². The van der Waals surface area contributed by atoms with Gasteiger partial charge in [0.05, 0.1) is 4.90 Å². The second-order valence-electron chi connectivity index (χ2n) is 8.13. The lowest BCUT2D eigenvalue weighted by molar-refractivity contribution is -0.122. The molecule has 6 nitrogen and oxygen atoms in total. The largest absolute Gasteiger partial charge is 0.480 e. The highest BCUT2D eigenvalue weighted by Gasteiger charge is 2.20. The van der Waals surface area contributed by atoms with Gasteiger partial charge in [-0.25, -0.2) is 8.42 Å². The number of carbonyl (C=O) groups is 1. The Morgan fingerprint density at radius 2 is 1.55 bits per heavy atom. The number of aryl methyl sites for hydroxylation is 3. The zero-order valence-electron chi connectivity index (χ0n) is 19.6. The molecule has 0 aliphatic carbocycles. The third-order valence-electron chi connectivity index (χ3n) is 5.68. The number of nitrogens with one attached hydrogen (secondary N) is 2. The zero-order valence-corrected chi connectivity index (χ0v) is 20.4. The van der Waals surface area contributed by atoms with E-state index in [-0.39, 0.29) is 10.8 Å². The summed E-state index contributed by atoms with van der Waals surface area (Å²) in [6, 6.07) is 17.2. The van der Waals surface area contributed by atoms with Crippen molar-refractivity contribution in [1.29, 1.82) is 0 Å². The molecule has 0 unspecified atom stereocenters. The first-order valence-corrected chi connectivity index (χ1v) is 12.3. The number of anilines is 2. The van der Waals surface area contributed by atoms with Gasteiger partial charge in [0.15, 0.2) is 6.10 Å². The first-order valence-electron chi connectivity index (χ1n) is 10.8. The van der Waals surface area contributed by atoms with Crippen LogP contribution in [0.15, 0.2) is 65.6 Å². The smallest absolute Gasteiger partial charge is 0.265 e. The van der Waals surface area contributed by atoms with Gasteiger partial charge < -0.3 is 10.1 Å². The third kappa shape index (κ3) is 5.93. The van der Waals surface area contributed by atoms with Crippen LogP contribution in [0.2, 0.25) is 0 Å². The predicted molar refractivity (Wildman–Crippen MR) is 132 cm³/mol. The van der Waals surface area contributed by atoms with Crippen LogP contribution in [0.4, 0.5) is 11.4 Å². The van der Waals surface area contributed by atoms with Gasteiger partial charge in [0.25, 0.3) is 15.9 Å². The van der Waals surface area contributed by atoms with Crippen LogP contribution >= 0.6 is 0 Å². The molecule has 0 heterocycles. The van der Waals surface area contributed by atoms with Crippen molar-refractivity contribution in [1.82, 2.24) is 0 Å². The lowest BCUT2D eigenvalue weighted by atomic mass is 10.1. The summed E-state index contributed by atoms with van der Waals surface area (Å²) in [5.74, 6) is 0.387. The normalized spacial score (nSPS) is 12.2. The van der Waals surface area contributed by atoms with Crippen LogP contribution in [0.25, 0.3) is 0 Å². The predicted octanol–water partition coefficient (Wildman–Crippen LogP) is 5.52. The van der Waals surface area contributed by atoms with Crippen molar-refractivity contribution in [3.05, 3.63) is 82.9 Å². The summed E-state index contributed by atoms with van der Waals surface area (Å²) in [4.78, 5) is 12.9. The molecular weight excluding hydrogens is 436 g/mol. The minimum atomic E-state index is -3.75. The van der Waals surface area contributed by atoms with Crippen LogP contribution in [0.1, 0.15) is 35.6 Å². The summed E-state index contributed by atoms with van der Waals surface area (Å²) in [7, 11) is -3.75. The maximum atomic E-state index is 12.8. The van der Waals surface area contributed by atoms with Crippen molar-refractivity contribution in [2.75, 3.05) is 10.0 Å². The molecule has 0 fully saturated rings. The quantitative estimate of drug-likeness (QED) is 0.458. The van der Waals surface area contributed by atoms with E-state index in [4.69, 9.17) is 4.74 Å². The number of carbonyl (C=O) groups excluding carboxylic acids is 1. The van der Waals surface area contributed by atoms with Gasteiger partial charge in [-0.15, -0.1) is 0 Å². The van der Waals surface area contributed by atoms with Crippen molar-refractivity contribution in [2.24, 2.45) is 0 Å². The van der Waals surface area contributed by atoms with E-state index in [1.807, 2.05) is 58.9 Å². The Labute approximate surface area is 196 Å². The van der Waals surface area contributed by atoms with E-state index < -0.39 is 16.1 Å². The molecule has 1 atom stereocenters. The van der Waals surface area contributed by atoms with Gasteiger partial charge in [-0.3, -0.25) is 9.52 Å². The van der Waals surface area contributed by atoms with Crippen LogP contribution in [-0.4, -0.2) is 20.4 Å². The van der Waals surface area contributed by atoms with E-state index in [0.29, 0.717) is 23.5 Å². The lowest BCUT2D eigenvalue weighted by Gasteiger charge is -2.19. The minimum Gasteiger partial charge on any atom is -0.480 e. The van der Waals surface area contributed by atoms with Crippen molar-refractivity contribution in [3.63, 3.8) is 0 Å². The van der Waals surface area contributed by atoms with E-state index in [1.54, 1.807) is 24.3 Å². The third-order valence-corrected chi connectivity index (χ3v) is 7.08. The van der Waals surface area contributed by atoms with Crippen LogP contribution in [0, 0.1) is 27.7 Å². The van der Waals surface area contributed by atoms with Crippen LogP contribution in [0.3, 0.4) is 0 Å². The summed E-state index contributed by atoms with van der Waals surface area (Å²) in [5, 5.41) is 2.81. The first kappa shape index (κ1) is 24.3. The molecule has 0 aliphatic rings. The summed E-state index contributed by atoms with van der Waals surface area (Å²) in [6.45, 7) is 9.73. The van der Waals surface area contributed by atoms with Gasteiger partial charge >= 0.3 is 0 Å². The fraction of sp³-hybridized carbons (Fsp3) is 0.269. The number of ether oxygens (including phenoxy) is 1. The molecule has 174 valence electrons. The highest BCUT2D eigenvalue weighted by molar-refractivity contribution is 7.92. The van der Waals surface area contributed by atoms with E-state index in [2.05, 4.69) is 10.0 Å². The maximum Gasteiger partial charge on any atom is 0.265 e. The second kappa shape index (κ2) is 10.1. The van der Waals surface area contributed by atoms with Gasteiger partial charge in [-0.2, -0.15) is 0 Å². The van der Waals surface area contributed by atoms with Crippen molar-refractivity contribution < 1.29 is 17.9 Å². The monoisotopic (exact) mass is 466 g/mol. The number of rotatable bonds is 8. The van der Waals surface area contributed by atoms with E-state index in [0.717, 1.165) is 22.3 Å². The minimum absolute atomic E-state index is 0.109. The Balaban J connectivity index is 1.69. The SMILES string of the molecule is CC[C@H](Oc1cccc(C)c1C)C(=O)Nc1ccc(S(=O)(=O)Nc2ccc(C)c(C)c2)cc1. The molecule has 0 aliphatic heterocycles. The summed E-state index contributed by atoms with van der Waals surface area (Å²) >= 11 is 0. The Morgan fingerprint density at radius 3 is 2.18 bits per heavy atom. The van der Waals surface area contributed by atoms with Gasteiger partial charge in [-0.05, 0) is 98.8 Å². The number of benzene rings is 3. The molecule has 0 spiro atoms. The number of hydrogen-bond acceptors (Lipinski definition) is 4. The molecule has 0 bridgehead atoms. The molecule has 0 aromatic heterocycles. The fourth-order valence-electron chi connectivity index (χ4n) is 3.29. The molecule has 3 aromatic carbocycles. The topological polar surface area (TPSA) is 84.5 Å². The molecule has 33 heavy (non-hydrogen) atoms. The lowest BCUT2D eigenvalue weighted by Crippen LogP contribution is -2.32. The highest BCUT2D eigenvalue weighted by Crippen LogP contribution is 2.24. The number of hydrogen-bond donors (Lipinski definition) is 2. The standard InChI is InChI=1S/C26H30N2O4S/c1-6-24(32-25-9-7-8-18(3)20(25)5)26(29)27-21-12-14-23(15-13-21)33(30,31)28-22-11-10-17(2)19(4)16-22/h7-16,24,28H,6H2,1-5H3,(H,27,29)/t24-/m0/s1. The Kier molecular flexibility index (Phi) is 7.43. The molecule has 3 rings (SSSR count). The van der Waals surface area contributed by atoms with Gasteiger partial charge in [-0.1, -0.05) is 25.1 Å². The van der Waals surface area contributed by atoms with Crippen molar-refractivity contribution in [3.8, 4) is 5.75 Å². The summed E-state index contributed by atoms with van der Waals surface area (Å²) in [5.41, 5.74) is 5.17. The first-order chi connectivity index (χ1) is 15.6. The number of sulfonamides is 1. The average molecular weight is 467 g/mol. The van der Waals surface area contributed by atoms with Gasteiger partial charge in [0.2, 0.25) is 0 Å². The van der Waals surface area contributed by atoms with E-state index >= 15 is 0 Å². The van der Waals surface area contributed by atoms with Crippen LogP contribution in [0.5, 0.6) is 5.75 Å².